The van der Waals surface area contributed by atoms with Crippen molar-refractivity contribution in [3.63, 3.8) is 0 Å². The van der Waals surface area contributed by atoms with Gasteiger partial charge in [0.25, 0.3) is 0 Å². The molecule has 0 saturated heterocycles. The van der Waals surface area contributed by atoms with Crippen molar-refractivity contribution in [3.05, 3.63) is 57.8 Å². The first kappa shape index (κ1) is 12.4. The summed E-state index contributed by atoms with van der Waals surface area (Å²) in [6.45, 7) is -0.312. The van der Waals surface area contributed by atoms with Crippen molar-refractivity contribution in [1.29, 1.82) is 0 Å². The van der Waals surface area contributed by atoms with E-state index in [-0.39, 0.29) is 12.2 Å². The zero-order valence-electron chi connectivity index (χ0n) is 8.75. The van der Waals surface area contributed by atoms with Gasteiger partial charge < -0.3 is 5.11 Å². The van der Waals surface area contributed by atoms with Crippen molar-refractivity contribution < 1.29 is 9.50 Å². The molecule has 2 aromatic carbocycles. The van der Waals surface area contributed by atoms with Crippen LogP contribution in [0.15, 0.2) is 36.4 Å². The van der Waals surface area contributed by atoms with Gasteiger partial charge >= 0.3 is 0 Å². The van der Waals surface area contributed by atoms with Gasteiger partial charge in [0.05, 0.1) is 16.7 Å². The van der Waals surface area contributed by atoms with Crippen molar-refractivity contribution in [3.8, 4) is 11.1 Å². The molecular formula is C13H9Cl2FO. The van der Waals surface area contributed by atoms with Crippen molar-refractivity contribution in [2.24, 2.45) is 0 Å². The molecule has 88 valence electrons. The van der Waals surface area contributed by atoms with Crippen LogP contribution >= 0.6 is 23.2 Å². The molecule has 0 saturated carbocycles. The van der Waals surface area contributed by atoms with Crippen LogP contribution in [0.25, 0.3) is 11.1 Å². The number of hydrogen-bond donors (Lipinski definition) is 1. The van der Waals surface area contributed by atoms with Crippen LogP contribution in [0.1, 0.15) is 5.56 Å². The van der Waals surface area contributed by atoms with Gasteiger partial charge in [0.15, 0.2) is 0 Å². The molecule has 0 atom stereocenters. The third kappa shape index (κ3) is 2.60. The Kier molecular flexibility index (Phi) is 3.67. The van der Waals surface area contributed by atoms with Crippen molar-refractivity contribution >= 4 is 23.2 Å². The fourth-order valence-electron chi connectivity index (χ4n) is 1.53. The summed E-state index contributed by atoms with van der Waals surface area (Å²) in [5, 5.41) is 9.77. The largest absolute Gasteiger partial charge is 0.392 e. The Hall–Kier alpha value is -1.09. The van der Waals surface area contributed by atoms with Gasteiger partial charge in [-0.3, -0.25) is 0 Å². The third-order valence-electron chi connectivity index (χ3n) is 2.48. The minimum absolute atomic E-state index is 0.272. The van der Waals surface area contributed by atoms with Gasteiger partial charge in [0, 0.05) is 5.56 Å². The van der Waals surface area contributed by atoms with E-state index in [0.29, 0.717) is 15.6 Å². The van der Waals surface area contributed by atoms with Crippen molar-refractivity contribution in [1.82, 2.24) is 0 Å². The minimum Gasteiger partial charge on any atom is -0.392 e. The lowest BCUT2D eigenvalue weighted by atomic mass is 10.0. The molecule has 1 N–H and O–H groups in total. The lowest BCUT2D eigenvalue weighted by Gasteiger charge is -2.06. The molecule has 0 aromatic heterocycles. The van der Waals surface area contributed by atoms with Gasteiger partial charge in [-0.05, 0) is 29.3 Å². The van der Waals surface area contributed by atoms with E-state index in [4.69, 9.17) is 28.3 Å². The number of aliphatic hydroxyl groups is 1. The van der Waals surface area contributed by atoms with Crippen LogP contribution in [-0.4, -0.2) is 5.11 Å². The molecule has 0 fully saturated rings. The molecule has 1 nitrogen and oxygen atoms in total. The zero-order chi connectivity index (χ0) is 12.4. The quantitative estimate of drug-likeness (QED) is 0.863. The molecule has 2 aromatic rings. The van der Waals surface area contributed by atoms with E-state index in [1.807, 2.05) is 0 Å². The maximum absolute atomic E-state index is 13.5. The molecule has 0 heterocycles. The molecule has 0 unspecified atom stereocenters. The van der Waals surface area contributed by atoms with Crippen LogP contribution in [0.5, 0.6) is 0 Å². The van der Waals surface area contributed by atoms with E-state index in [9.17, 15) is 4.39 Å². The summed E-state index contributed by atoms with van der Waals surface area (Å²) < 4.78 is 13.5. The van der Waals surface area contributed by atoms with Crippen LogP contribution in [-0.2, 0) is 6.61 Å². The van der Waals surface area contributed by atoms with E-state index in [0.717, 1.165) is 5.56 Å². The first-order valence-corrected chi connectivity index (χ1v) is 5.72. The monoisotopic (exact) mass is 270 g/mol. The summed E-state index contributed by atoms with van der Waals surface area (Å²) in [5.74, 6) is -0.434. The number of benzene rings is 2. The predicted molar refractivity (Wildman–Crippen MR) is 67.8 cm³/mol. The van der Waals surface area contributed by atoms with Gasteiger partial charge in [-0.1, -0.05) is 41.4 Å². The highest BCUT2D eigenvalue weighted by Crippen LogP contribution is 2.29. The molecule has 0 radical (unpaired) electrons. The highest BCUT2D eigenvalue weighted by Gasteiger charge is 2.06. The van der Waals surface area contributed by atoms with E-state index < -0.39 is 5.82 Å². The van der Waals surface area contributed by atoms with Crippen molar-refractivity contribution in [2.75, 3.05) is 0 Å². The lowest BCUT2D eigenvalue weighted by Crippen LogP contribution is -1.90. The van der Waals surface area contributed by atoms with E-state index >= 15 is 0 Å². The average Bonchev–Trinajstić information content (AvgIpc) is 2.32. The molecule has 0 aliphatic rings. The second kappa shape index (κ2) is 5.05. The molecule has 0 bridgehead atoms. The Morgan fingerprint density at radius 1 is 0.941 bits per heavy atom. The Bertz CT molecular complexity index is 555. The second-order valence-electron chi connectivity index (χ2n) is 3.59. The molecular weight excluding hydrogens is 262 g/mol. The van der Waals surface area contributed by atoms with Crippen molar-refractivity contribution in [2.45, 2.75) is 6.61 Å². The summed E-state index contributed by atoms with van der Waals surface area (Å²) in [4.78, 5) is 0. The van der Waals surface area contributed by atoms with Crippen LogP contribution in [0.4, 0.5) is 4.39 Å². The number of rotatable bonds is 2. The number of halogens is 3. The fourth-order valence-corrected chi connectivity index (χ4v) is 1.83. The predicted octanol–water partition coefficient (Wildman–Crippen LogP) is 4.29. The van der Waals surface area contributed by atoms with Gasteiger partial charge in [0.1, 0.15) is 5.82 Å². The van der Waals surface area contributed by atoms with E-state index in [1.165, 1.54) is 6.07 Å². The summed E-state index contributed by atoms with van der Waals surface area (Å²) in [7, 11) is 0. The lowest BCUT2D eigenvalue weighted by molar-refractivity contribution is 0.276. The first-order chi connectivity index (χ1) is 8.11. The topological polar surface area (TPSA) is 20.2 Å². The minimum atomic E-state index is -0.434. The summed E-state index contributed by atoms with van der Waals surface area (Å²) in [6.07, 6.45) is 0. The Morgan fingerprint density at radius 3 is 2.18 bits per heavy atom. The molecule has 2 rings (SSSR count). The summed E-state index contributed by atoms with van der Waals surface area (Å²) in [5.41, 5.74) is 1.75. The Morgan fingerprint density at radius 2 is 1.59 bits per heavy atom. The van der Waals surface area contributed by atoms with Gasteiger partial charge in [-0.25, -0.2) is 4.39 Å². The van der Waals surface area contributed by atoms with Crippen LogP contribution in [0.3, 0.4) is 0 Å². The Labute approximate surface area is 108 Å². The SMILES string of the molecule is OCc1ccc(-c2ccc(Cl)c(Cl)c2)cc1F. The standard InChI is InChI=1S/C13H9Cl2FO/c14-11-4-3-8(5-12(11)15)9-1-2-10(7-17)13(16)6-9/h1-6,17H,7H2. The highest BCUT2D eigenvalue weighted by molar-refractivity contribution is 6.42. The smallest absolute Gasteiger partial charge is 0.129 e. The average molecular weight is 271 g/mol. The van der Waals surface area contributed by atoms with E-state index in [1.54, 1.807) is 30.3 Å². The molecule has 0 amide bonds. The van der Waals surface area contributed by atoms with Crippen LogP contribution < -0.4 is 0 Å². The van der Waals surface area contributed by atoms with Gasteiger partial charge in [-0.15, -0.1) is 0 Å². The summed E-state index contributed by atoms with van der Waals surface area (Å²) >= 11 is 11.7. The molecule has 0 spiro atoms. The third-order valence-corrected chi connectivity index (χ3v) is 3.22. The Balaban J connectivity index is 2.46. The normalized spacial score (nSPS) is 10.6. The summed E-state index contributed by atoms with van der Waals surface area (Å²) in [6, 6.07) is 9.75. The first-order valence-electron chi connectivity index (χ1n) is 4.96. The zero-order valence-corrected chi connectivity index (χ0v) is 10.3. The maximum Gasteiger partial charge on any atom is 0.129 e. The van der Waals surface area contributed by atoms with Crippen LogP contribution in [0.2, 0.25) is 10.0 Å². The molecule has 4 heteroatoms. The molecule has 0 aliphatic heterocycles. The number of aliphatic hydroxyl groups excluding tert-OH is 1. The highest BCUT2D eigenvalue weighted by atomic mass is 35.5. The van der Waals surface area contributed by atoms with E-state index in [2.05, 4.69) is 0 Å². The van der Waals surface area contributed by atoms with Gasteiger partial charge in [0.2, 0.25) is 0 Å². The number of hydrogen-bond acceptors (Lipinski definition) is 1. The van der Waals surface area contributed by atoms with Crippen LogP contribution in [0, 0.1) is 5.82 Å². The fraction of sp³-hybridized carbons (Fsp3) is 0.0769. The maximum atomic E-state index is 13.5. The molecule has 0 aliphatic carbocycles. The second-order valence-corrected chi connectivity index (χ2v) is 4.41. The molecule has 17 heavy (non-hydrogen) atoms. The van der Waals surface area contributed by atoms with Gasteiger partial charge in [-0.2, -0.15) is 0 Å².